The van der Waals surface area contributed by atoms with Gasteiger partial charge in [0, 0.05) is 29.9 Å². The fraction of sp³-hybridized carbons (Fsp3) is 0.400. The second-order valence-corrected chi connectivity index (χ2v) is 7.22. The van der Waals surface area contributed by atoms with Crippen LogP contribution in [0.2, 0.25) is 0 Å². The van der Waals surface area contributed by atoms with Crippen molar-refractivity contribution in [3.05, 3.63) is 53.6 Å². The average Bonchev–Trinajstić information content (AvgIpc) is 3.35. The molecule has 2 N–H and O–H groups in total. The SMILES string of the molecule is CC(C)c1nc(C(N)=O)co1.FC(F)(F)c1cc(-c2cc3n(n2)CCCC3)ccn1. The fourth-order valence-electron chi connectivity index (χ4n) is 2.97. The van der Waals surface area contributed by atoms with Gasteiger partial charge in [0.15, 0.2) is 11.6 Å². The molecule has 0 saturated carbocycles. The molecule has 30 heavy (non-hydrogen) atoms. The van der Waals surface area contributed by atoms with E-state index in [1.54, 1.807) is 6.07 Å². The quantitative estimate of drug-likeness (QED) is 0.683. The summed E-state index contributed by atoms with van der Waals surface area (Å²) >= 11 is 0. The van der Waals surface area contributed by atoms with E-state index in [9.17, 15) is 18.0 Å². The van der Waals surface area contributed by atoms with Crippen molar-refractivity contribution in [1.82, 2.24) is 19.7 Å². The van der Waals surface area contributed by atoms with E-state index < -0.39 is 17.8 Å². The van der Waals surface area contributed by atoms with Crippen LogP contribution in [0.5, 0.6) is 0 Å². The first-order chi connectivity index (χ1) is 14.1. The molecule has 4 rings (SSSR count). The lowest BCUT2D eigenvalue weighted by molar-refractivity contribution is -0.141. The molecule has 1 amide bonds. The fourth-order valence-corrected chi connectivity index (χ4v) is 2.97. The van der Waals surface area contributed by atoms with Gasteiger partial charge in [-0.1, -0.05) is 13.8 Å². The van der Waals surface area contributed by atoms with Gasteiger partial charge in [-0.15, -0.1) is 0 Å². The van der Waals surface area contributed by atoms with Crippen LogP contribution < -0.4 is 5.73 Å². The third-order valence-corrected chi connectivity index (χ3v) is 4.53. The highest BCUT2D eigenvalue weighted by Gasteiger charge is 2.32. The number of fused-ring (bicyclic) bond motifs is 1. The number of halogens is 3. The molecule has 3 aromatic heterocycles. The van der Waals surface area contributed by atoms with E-state index in [1.807, 2.05) is 24.6 Å². The Morgan fingerprint density at radius 2 is 2.03 bits per heavy atom. The Morgan fingerprint density at radius 1 is 1.27 bits per heavy atom. The van der Waals surface area contributed by atoms with E-state index >= 15 is 0 Å². The predicted octanol–water partition coefficient (Wildman–Crippen LogP) is 4.20. The minimum absolute atomic E-state index is 0.183. The maximum atomic E-state index is 12.6. The Kier molecular flexibility index (Phi) is 6.23. The standard InChI is InChI=1S/C13H12F3N3.C7H10N2O2/c14-13(15,16)12-7-9(4-5-17-12)11-8-10-3-1-2-6-19(10)18-11;1-4(2)7-9-5(3-11-7)6(8)10/h4-5,7-8H,1-3,6H2;3-4H,1-2H3,(H2,8,10). The van der Waals surface area contributed by atoms with Crippen molar-refractivity contribution in [2.24, 2.45) is 5.73 Å². The number of oxazole rings is 1. The van der Waals surface area contributed by atoms with Crippen molar-refractivity contribution in [3.63, 3.8) is 0 Å². The van der Waals surface area contributed by atoms with E-state index in [4.69, 9.17) is 10.2 Å². The van der Waals surface area contributed by atoms with Gasteiger partial charge in [-0.2, -0.15) is 18.3 Å². The molecule has 0 spiro atoms. The number of rotatable bonds is 3. The number of aromatic nitrogens is 4. The first-order valence-corrected chi connectivity index (χ1v) is 9.50. The first kappa shape index (κ1) is 21.5. The molecule has 0 aliphatic carbocycles. The number of nitrogens with two attached hydrogens (primary N) is 1. The molecular formula is C20H22F3N5O2. The summed E-state index contributed by atoms with van der Waals surface area (Å²) in [5.74, 6) is 0.169. The minimum atomic E-state index is -4.42. The van der Waals surface area contributed by atoms with E-state index in [1.165, 1.54) is 12.5 Å². The van der Waals surface area contributed by atoms with Crippen molar-refractivity contribution < 1.29 is 22.4 Å². The summed E-state index contributed by atoms with van der Waals surface area (Å²) in [6, 6.07) is 4.48. The third-order valence-electron chi connectivity index (χ3n) is 4.53. The predicted molar refractivity (Wildman–Crippen MR) is 103 cm³/mol. The number of pyridine rings is 1. The van der Waals surface area contributed by atoms with Gasteiger partial charge in [-0.05, 0) is 37.5 Å². The van der Waals surface area contributed by atoms with Gasteiger partial charge in [-0.3, -0.25) is 14.5 Å². The lowest BCUT2D eigenvalue weighted by Gasteiger charge is -2.11. The number of hydrogen-bond acceptors (Lipinski definition) is 5. The van der Waals surface area contributed by atoms with Crippen molar-refractivity contribution in [2.75, 3.05) is 0 Å². The topological polar surface area (TPSA) is 99.8 Å². The number of alkyl halides is 3. The summed E-state index contributed by atoms with van der Waals surface area (Å²) in [5.41, 5.74) is 6.42. The first-order valence-electron chi connectivity index (χ1n) is 9.50. The second kappa shape index (κ2) is 8.68. The van der Waals surface area contributed by atoms with E-state index in [0.717, 1.165) is 37.6 Å². The highest BCUT2D eigenvalue weighted by atomic mass is 19.4. The highest BCUT2D eigenvalue weighted by Crippen LogP contribution is 2.30. The second-order valence-electron chi connectivity index (χ2n) is 7.22. The van der Waals surface area contributed by atoms with Crippen LogP contribution in [0.25, 0.3) is 11.3 Å². The molecule has 0 atom stereocenters. The Balaban J connectivity index is 0.000000199. The molecule has 4 heterocycles. The summed E-state index contributed by atoms with van der Waals surface area (Å²) in [4.78, 5) is 17.8. The van der Waals surface area contributed by atoms with Crippen molar-refractivity contribution >= 4 is 5.91 Å². The summed E-state index contributed by atoms with van der Waals surface area (Å²) in [5, 5.41) is 4.37. The number of hydrogen-bond donors (Lipinski definition) is 1. The normalized spacial score (nSPS) is 13.5. The summed E-state index contributed by atoms with van der Waals surface area (Å²) in [6.07, 6.45) is 1.14. The Labute approximate surface area is 171 Å². The maximum Gasteiger partial charge on any atom is 0.433 e. The van der Waals surface area contributed by atoms with Gasteiger partial charge in [-0.25, -0.2) is 4.98 Å². The molecule has 0 bridgehead atoms. The van der Waals surface area contributed by atoms with Gasteiger partial charge in [0.05, 0.1) is 5.69 Å². The maximum absolute atomic E-state index is 12.6. The van der Waals surface area contributed by atoms with Crippen LogP contribution in [0.15, 0.2) is 35.1 Å². The number of aryl methyl sites for hydroxylation is 2. The lowest BCUT2D eigenvalue weighted by Crippen LogP contribution is -2.11. The van der Waals surface area contributed by atoms with Crippen LogP contribution in [0.4, 0.5) is 13.2 Å². The van der Waals surface area contributed by atoms with E-state index in [0.29, 0.717) is 17.1 Å². The molecule has 0 unspecified atom stereocenters. The Bertz CT molecular complexity index is 1000. The van der Waals surface area contributed by atoms with Crippen molar-refractivity contribution in [1.29, 1.82) is 0 Å². The number of nitrogens with zero attached hydrogens (tertiary/aromatic N) is 4. The number of carbonyl (C=O) groups excluding carboxylic acids is 1. The van der Waals surface area contributed by atoms with Gasteiger partial charge in [0.1, 0.15) is 12.0 Å². The lowest BCUT2D eigenvalue weighted by atomic mass is 10.1. The number of carbonyl (C=O) groups is 1. The zero-order valence-corrected chi connectivity index (χ0v) is 16.6. The van der Waals surface area contributed by atoms with Crippen LogP contribution in [-0.4, -0.2) is 25.7 Å². The summed E-state index contributed by atoms with van der Waals surface area (Å²) in [7, 11) is 0. The molecule has 0 saturated heterocycles. The molecule has 160 valence electrons. The number of primary amides is 1. The minimum Gasteiger partial charge on any atom is -0.448 e. The van der Waals surface area contributed by atoms with Crippen LogP contribution in [0.3, 0.4) is 0 Å². The van der Waals surface area contributed by atoms with Crippen LogP contribution >= 0.6 is 0 Å². The van der Waals surface area contributed by atoms with Gasteiger partial charge in [0.2, 0.25) is 0 Å². The molecular weight excluding hydrogens is 399 g/mol. The summed E-state index contributed by atoms with van der Waals surface area (Å²) in [6.45, 7) is 4.69. The van der Waals surface area contributed by atoms with E-state index in [-0.39, 0.29) is 11.6 Å². The average molecular weight is 421 g/mol. The van der Waals surface area contributed by atoms with Gasteiger partial charge < -0.3 is 10.2 Å². The third kappa shape index (κ3) is 5.05. The largest absolute Gasteiger partial charge is 0.448 e. The summed E-state index contributed by atoms with van der Waals surface area (Å²) < 4.78 is 44.7. The monoisotopic (exact) mass is 421 g/mol. The Hall–Kier alpha value is -3.17. The van der Waals surface area contributed by atoms with Crippen LogP contribution in [0, 0.1) is 0 Å². The molecule has 0 fully saturated rings. The molecule has 1 aliphatic rings. The molecule has 1 aliphatic heterocycles. The zero-order valence-electron chi connectivity index (χ0n) is 16.6. The Morgan fingerprint density at radius 3 is 2.60 bits per heavy atom. The molecule has 10 heteroatoms. The van der Waals surface area contributed by atoms with E-state index in [2.05, 4.69) is 15.1 Å². The number of amides is 1. The van der Waals surface area contributed by atoms with Gasteiger partial charge in [0.25, 0.3) is 5.91 Å². The molecule has 0 radical (unpaired) electrons. The molecule has 7 nitrogen and oxygen atoms in total. The molecule has 0 aromatic carbocycles. The van der Waals surface area contributed by atoms with Crippen molar-refractivity contribution in [3.8, 4) is 11.3 Å². The van der Waals surface area contributed by atoms with Crippen molar-refractivity contribution in [2.45, 2.75) is 51.7 Å². The van der Waals surface area contributed by atoms with Crippen LogP contribution in [0.1, 0.15) is 60.4 Å². The highest BCUT2D eigenvalue weighted by molar-refractivity contribution is 5.90. The van der Waals surface area contributed by atoms with Crippen LogP contribution in [-0.2, 0) is 19.1 Å². The zero-order chi connectivity index (χ0) is 21.9. The smallest absolute Gasteiger partial charge is 0.433 e. The van der Waals surface area contributed by atoms with Gasteiger partial charge >= 0.3 is 6.18 Å². The molecule has 3 aromatic rings.